The van der Waals surface area contributed by atoms with E-state index >= 15 is 0 Å². The number of nitro benzene ring substituents is 1. The topological polar surface area (TPSA) is 63.5 Å². The highest BCUT2D eigenvalue weighted by molar-refractivity contribution is 8.00. The van der Waals surface area contributed by atoms with Crippen molar-refractivity contribution in [1.29, 1.82) is 0 Å². The van der Waals surface area contributed by atoms with E-state index in [0.29, 0.717) is 5.75 Å². The van der Waals surface area contributed by atoms with Crippen molar-refractivity contribution in [3.8, 4) is 0 Å². The fraction of sp³-hybridized carbons (Fsp3) is 0.235. The van der Waals surface area contributed by atoms with Crippen LogP contribution in [0.15, 0.2) is 42.5 Å². The monoisotopic (exact) mass is 328 g/mol. The Morgan fingerprint density at radius 2 is 1.96 bits per heavy atom. The predicted octanol–water partition coefficient (Wildman–Crippen LogP) is 3.99. The summed E-state index contributed by atoms with van der Waals surface area (Å²) in [7, 11) is 0. The second-order valence-corrected chi connectivity index (χ2v) is 6.62. The molecule has 0 spiro atoms. The first kappa shape index (κ1) is 15.6. The van der Waals surface area contributed by atoms with E-state index in [1.807, 2.05) is 38.1 Å². The summed E-state index contributed by atoms with van der Waals surface area (Å²) in [6.45, 7) is 4.03. The molecular weight excluding hydrogens is 312 g/mol. The number of hydrogen-bond donors (Lipinski definition) is 0. The zero-order valence-electron chi connectivity index (χ0n) is 12.9. The number of carbonyl (C=O) groups is 1. The van der Waals surface area contributed by atoms with E-state index in [1.165, 1.54) is 23.4 Å². The number of thioether (sulfide) groups is 1. The first-order valence-electron chi connectivity index (χ1n) is 7.22. The molecule has 1 fully saturated rings. The molecular formula is C17H16N2O3S. The molecule has 0 saturated carbocycles. The lowest BCUT2D eigenvalue weighted by Crippen LogP contribution is -2.27. The Morgan fingerprint density at radius 1 is 1.17 bits per heavy atom. The summed E-state index contributed by atoms with van der Waals surface area (Å²) < 4.78 is 0. The van der Waals surface area contributed by atoms with E-state index in [0.717, 1.165) is 16.8 Å². The Kier molecular flexibility index (Phi) is 4.09. The van der Waals surface area contributed by atoms with Crippen LogP contribution in [0.5, 0.6) is 0 Å². The van der Waals surface area contributed by atoms with Crippen molar-refractivity contribution in [1.82, 2.24) is 0 Å². The van der Waals surface area contributed by atoms with Crippen LogP contribution in [0, 0.1) is 24.0 Å². The predicted molar refractivity (Wildman–Crippen MR) is 91.7 cm³/mol. The zero-order valence-corrected chi connectivity index (χ0v) is 13.7. The maximum atomic E-state index is 12.3. The van der Waals surface area contributed by atoms with E-state index in [2.05, 4.69) is 0 Å². The van der Waals surface area contributed by atoms with Crippen molar-refractivity contribution in [3.05, 3.63) is 69.3 Å². The van der Waals surface area contributed by atoms with Gasteiger partial charge >= 0.3 is 0 Å². The van der Waals surface area contributed by atoms with E-state index < -0.39 is 4.92 Å². The van der Waals surface area contributed by atoms with Gasteiger partial charge in [0.2, 0.25) is 5.91 Å². The molecule has 0 aliphatic carbocycles. The van der Waals surface area contributed by atoms with Gasteiger partial charge in [-0.05, 0) is 42.7 Å². The normalized spacial score (nSPS) is 17.6. The van der Waals surface area contributed by atoms with Crippen molar-refractivity contribution in [2.24, 2.45) is 0 Å². The summed E-state index contributed by atoms with van der Waals surface area (Å²) in [5.74, 6) is 0.398. The molecule has 1 saturated heterocycles. The van der Waals surface area contributed by atoms with E-state index in [9.17, 15) is 14.9 Å². The highest BCUT2D eigenvalue weighted by Gasteiger charge is 2.34. The van der Waals surface area contributed by atoms with Crippen LogP contribution in [0.1, 0.15) is 22.1 Å². The number of nitro groups is 1. The molecule has 0 bridgehead atoms. The number of nitrogens with zero attached hydrogens (tertiary/aromatic N) is 2. The molecule has 0 unspecified atom stereocenters. The lowest BCUT2D eigenvalue weighted by atomic mass is 10.1. The quantitative estimate of drug-likeness (QED) is 0.631. The molecule has 2 aromatic carbocycles. The molecule has 3 rings (SSSR count). The van der Waals surface area contributed by atoms with Crippen LogP contribution >= 0.6 is 11.8 Å². The third-order valence-electron chi connectivity index (χ3n) is 4.00. The second-order valence-electron chi connectivity index (χ2n) is 5.55. The summed E-state index contributed by atoms with van der Waals surface area (Å²) in [6.07, 6.45) is 0. The standard InChI is InChI=1S/C17H16N2O3S/c1-11-6-7-14(8-12(11)2)18-16(20)10-23-17(18)13-4-3-5-15(9-13)19(21)22/h3-9,17H,10H2,1-2H3/t17-/m0/s1. The minimum Gasteiger partial charge on any atom is -0.295 e. The van der Waals surface area contributed by atoms with E-state index in [1.54, 1.807) is 17.0 Å². The fourth-order valence-corrected chi connectivity index (χ4v) is 3.78. The molecule has 0 aromatic heterocycles. The summed E-state index contributed by atoms with van der Waals surface area (Å²) in [5, 5.41) is 10.8. The zero-order chi connectivity index (χ0) is 16.6. The van der Waals surface area contributed by atoms with Gasteiger partial charge in [0.05, 0.1) is 10.7 Å². The van der Waals surface area contributed by atoms with Gasteiger partial charge in [0.15, 0.2) is 0 Å². The maximum Gasteiger partial charge on any atom is 0.269 e. The molecule has 0 N–H and O–H groups in total. The minimum atomic E-state index is -0.411. The molecule has 6 heteroatoms. The van der Waals surface area contributed by atoms with Gasteiger partial charge in [-0.25, -0.2) is 0 Å². The van der Waals surface area contributed by atoms with Crippen molar-refractivity contribution in [2.75, 3.05) is 10.7 Å². The molecule has 1 amide bonds. The van der Waals surface area contributed by atoms with Gasteiger partial charge in [-0.2, -0.15) is 0 Å². The van der Waals surface area contributed by atoms with Crippen molar-refractivity contribution >= 4 is 29.0 Å². The lowest BCUT2D eigenvalue weighted by Gasteiger charge is -2.25. The van der Waals surface area contributed by atoms with E-state index in [4.69, 9.17) is 0 Å². The third-order valence-corrected chi connectivity index (χ3v) is 5.22. The van der Waals surface area contributed by atoms with Crippen molar-refractivity contribution < 1.29 is 9.72 Å². The Morgan fingerprint density at radius 3 is 2.65 bits per heavy atom. The first-order chi connectivity index (χ1) is 11.0. The average molecular weight is 328 g/mol. The van der Waals surface area contributed by atoms with Gasteiger partial charge in [-0.3, -0.25) is 19.8 Å². The van der Waals surface area contributed by atoms with E-state index in [-0.39, 0.29) is 17.0 Å². The Hall–Kier alpha value is -2.34. The Labute approximate surface area is 138 Å². The second kappa shape index (κ2) is 6.04. The van der Waals surface area contributed by atoms with Crippen LogP contribution in [-0.2, 0) is 4.79 Å². The van der Waals surface area contributed by atoms with Gasteiger partial charge in [0.1, 0.15) is 5.37 Å². The van der Waals surface area contributed by atoms with Crippen LogP contribution in [-0.4, -0.2) is 16.6 Å². The summed E-state index contributed by atoms with van der Waals surface area (Å²) in [4.78, 5) is 24.6. The highest BCUT2D eigenvalue weighted by atomic mass is 32.2. The largest absolute Gasteiger partial charge is 0.295 e. The number of anilines is 1. The molecule has 1 aliphatic heterocycles. The van der Waals surface area contributed by atoms with Gasteiger partial charge in [-0.1, -0.05) is 18.2 Å². The van der Waals surface area contributed by atoms with Gasteiger partial charge in [-0.15, -0.1) is 11.8 Å². The van der Waals surface area contributed by atoms with Crippen LogP contribution in [0.25, 0.3) is 0 Å². The summed E-state index contributed by atoms with van der Waals surface area (Å²) in [6, 6.07) is 12.4. The smallest absolute Gasteiger partial charge is 0.269 e. The SMILES string of the molecule is Cc1ccc(N2C(=O)CS[C@H]2c2cccc([N+](=O)[O-])c2)cc1C. The molecule has 118 valence electrons. The first-order valence-corrected chi connectivity index (χ1v) is 8.27. The number of amides is 1. The Balaban J connectivity index is 2.01. The minimum absolute atomic E-state index is 0.0229. The maximum absolute atomic E-state index is 12.3. The number of benzene rings is 2. The van der Waals surface area contributed by atoms with Crippen molar-refractivity contribution in [3.63, 3.8) is 0 Å². The summed E-state index contributed by atoms with van der Waals surface area (Å²) >= 11 is 1.49. The van der Waals surface area contributed by atoms with Gasteiger partial charge < -0.3 is 0 Å². The highest BCUT2D eigenvalue weighted by Crippen LogP contribution is 2.42. The van der Waals surface area contributed by atoms with Crippen LogP contribution in [0.2, 0.25) is 0 Å². The molecule has 1 heterocycles. The molecule has 23 heavy (non-hydrogen) atoms. The van der Waals surface area contributed by atoms with Crippen LogP contribution < -0.4 is 4.90 Å². The number of hydrogen-bond acceptors (Lipinski definition) is 4. The van der Waals surface area contributed by atoms with Gasteiger partial charge in [0.25, 0.3) is 5.69 Å². The van der Waals surface area contributed by atoms with Crippen molar-refractivity contribution in [2.45, 2.75) is 19.2 Å². The molecule has 1 atom stereocenters. The third kappa shape index (κ3) is 2.94. The molecule has 0 radical (unpaired) electrons. The Bertz CT molecular complexity index is 791. The average Bonchev–Trinajstić information content (AvgIpc) is 2.92. The molecule has 5 nitrogen and oxygen atoms in total. The number of non-ortho nitro benzene ring substituents is 1. The molecule has 1 aliphatic rings. The number of aryl methyl sites for hydroxylation is 2. The number of rotatable bonds is 3. The van der Waals surface area contributed by atoms with Crippen LogP contribution in [0.4, 0.5) is 11.4 Å². The number of carbonyl (C=O) groups excluding carboxylic acids is 1. The summed E-state index contributed by atoms with van der Waals surface area (Å²) in [5.41, 5.74) is 3.93. The van der Waals surface area contributed by atoms with Crippen LogP contribution in [0.3, 0.4) is 0 Å². The lowest BCUT2D eigenvalue weighted by molar-refractivity contribution is -0.384. The van der Waals surface area contributed by atoms with Gasteiger partial charge in [0, 0.05) is 17.8 Å². The molecule has 2 aromatic rings. The fourth-order valence-electron chi connectivity index (χ4n) is 2.62.